The van der Waals surface area contributed by atoms with E-state index in [0.717, 1.165) is 10.6 Å². The SMILES string of the molecule is Cc1cnc(C(C)NCc2ccnc(/C(N)=N/O)c2)s1. The van der Waals surface area contributed by atoms with E-state index >= 15 is 0 Å². The van der Waals surface area contributed by atoms with E-state index in [9.17, 15) is 0 Å². The summed E-state index contributed by atoms with van der Waals surface area (Å²) in [6, 6.07) is 3.86. The van der Waals surface area contributed by atoms with E-state index in [2.05, 4.69) is 27.4 Å². The summed E-state index contributed by atoms with van der Waals surface area (Å²) in [6.07, 6.45) is 3.52. The number of rotatable bonds is 5. The minimum atomic E-state index is 0.00967. The molecule has 0 bridgehead atoms. The van der Waals surface area contributed by atoms with Crippen LogP contribution in [0.4, 0.5) is 0 Å². The van der Waals surface area contributed by atoms with Crippen molar-refractivity contribution in [2.24, 2.45) is 10.9 Å². The molecule has 106 valence electrons. The van der Waals surface area contributed by atoms with Crippen molar-refractivity contribution in [1.29, 1.82) is 0 Å². The molecule has 6 nitrogen and oxygen atoms in total. The van der Waals surface area contributed by atoms with Crippen LogP contribution in [0.25, 0.3) is 0 Å². The molecule has 0 saturated heterocycles. The fourth-order valence-electron chi connectivity index (χ4n) is 1.71. The number of nitrogens with two attached hydrogens (primary N) is 1. The van der Waals surface area contributed by atoms with Crippen LogP contribution in [0.1, 0.15) is 34.1 Å². The van der Waals surface area contributed by atoms with Crippen molar-refractivity contribution in [3.8, 4) is 0 Å². The highest BCUT2D eigenvalue weighted by Gasteiger charge is 2.09. The van der Waals surface area contributed by atoms with Crippen molar-refractivity contribution >= 4 is 17.2 Å². The van der Waals surface area contributed by atoms with E-state index in [1.54, 1.807) is 23.6 Å². The van der Waals surface area contributed by atoms with Gasteiger partial charge in [0.1, 0.15) is 10.7 Å². The highest BCUT2D eigenvalue weighted by molar-refractivity contribution is 7.11. The fourth-order valence-corrected chi connectivity index (χ4v) is 2.51. The zero-order valence-electron chi connectivity index (χ0n) is 11.4. The third-order valence-corrected chi connectivity index (χ3v) is 3.91. The van der Waals surface area contributed by atoms with Crippen molar-refractivity contribution in [3.63, 3.8) is 0 Å². The lowest BCUT2D eigenvalue weighted by Crippen LogP contribution is -2.19. The third kappa shape index (κ3) is 3.52. The number of nitrogens with zero attached hydrogens (tertiary/aromatic N) is 3. The molecule has 0 aliphatic rings. The van der Waals surface area contributed by atoms with Crippen LogP contribution in [-0.2, 0) is 6.54 Å². The molecule has 2 heterocycles. The molecule has 0 aliphatic carbocycles. The van der Waals surface area contributed by atoms with Gasteiger partial charge in [0.15, 0.2) is 5.84 Å². The Morgan fingerprint density at radius 3 is 3.00 bits per heavy atom. The average molecular weight is 291 g/mol. The van der Waals surface area contributed by atoms with Crippen molar-refractivity contribution < 1.29 is 5.21 Å². The smallest absolute Gasteiger partial charge is 0.188 e. The third-order valence-electron chi connectivity index (χ3n) is 2.82. The molecule has 4 N–H and O–H groups in total. The summed E-state index contributed by atoms with van der Waals surface area (Å²) in [5.41, 5.74) is 7.00. The molecule has 0 spiro atoms. The van der Waals surface area contributed by atoms with E-state index in [0.29, 0.717) is 12.2 Å². The van der Waals surface area contributed by atoms with Crippen LogP contribution in [0, 0.1) is 6.92 Å². The van der Waals surface area contributed by atoms with Crippen LogP contribution in [0.15, 0.2) is 29.7 Å². The molecule has 1 unspecified atom stereocenters. The predicted octanol–water partition coefficient (Wildman–Crippen LogP) is 1.79. The molecule has 1 atom stereocenters. The van der Waals surface area contributed by atoms with E-state index in [-0.39, 0.29) is 11.9 Å². The van der Waals surface area contributed by atoms with E-state index in [4.69, 9.17) is 10.9 Å². The number of aromatic nitrogens is 2. The Hall–Kier alpha value is -1.99. The zero-order chi connectivity index (χ0) is 14.5. The Bertz CT molecular complexity index is 610. The van der Waals surface area contributed by atoms with Gasteiger partial charge in [0, 0.05) is 23.8 Å². The molecule has 2 rings (SSSR count). The molecule has 0 aromatic carbocycles. The highest BCUT2D eigenvalue weighted by Crippen LogP contribution is 2.19. The second-order valence-electron chi connectivity index (χ2n) is 4.45. The van der Waals surface area contributed by atoms with Gasteiger partial charge in [-0.15, -0.1) is 11.3 Å². The summed E-state index contributed by atoms with van der Waals surface area (Å²) in [4.78, 5) is 9.60. The predicted molar refractivity (Wildman–Crippen MR) is 78.9 cm³/mol. The number of hydrogen-bond donors (Lipinski definition) is 3. The van der Waals surface area contributed by atoms with Crippen LogP contribution in [0.2, 0.25) is 0 Å². The highest BCUT2D eigenvalue weighted by atomic mass is 32.1. The average Bonchev–Trinajstić information content (AvgIpc) is 2.91. The summed E-state index contributed by atoms with van der Waals surface area (Å²) in [6.45, 7) is 4.78. The molecular weight excluding hydrogens is 274 g/mol. The number of nitrogens with one attached hydrogen (secondary N) is 1. The molecule has 0 saturated carbocycles. The maximum atomic E-state index is 8.65. The molecule has 2 aromatic heterocycles. The van der Waals surface area contributed by atoms with Crippen LogP contribution in [0.3, 0.4) is 0 Å². The van der Waals surface area contributed by atoms with Crippen molar-refractivity contribution in [1.82, 2.24) is 15.3 Å². The van der Waals surface area contributed by atoms with Crippen molar-refractivity contribution in [2.45, 2.75) is 26.4 Å². The molecule has 7 heteroatoms. The largest absolute Gasteiger partial charge is 0.409 e. The standard InChI is InChI=1S/C13H17N5OS/c1-8-6-17-13(20-8)9(2)16-7-10-3-4-15-11(5-10)12(14)18-19/h3-6,9,16,19H,7H2,1-2H3,(H2,14,18). The number of hydrogen-bond acceptors (Lipinski definition) is 6. The van der Waals surface area contributed by atoms with Gasteiger partial charge in [-0.1, -0.05) is 5.16 Å². The Labute approximate surface area is 121 Å². The van der Waals surface area contributed by atoms with Crippen LogP contribution >= 0.6 is 11.3 Å². The number of amidine groups is 1. The minimum absolute atomic E-state index is 0.00967. The first-order valence-corrected chi connectivity index (χ1v) is 7.00. The van der Waals surface area contributed by atoms with Gasteiger partial charge in [-0.25, -0.2) is 4.98 Å². The number of aryl methyl sites for hydroxylation is 1. The van der Waals surface area contributed by atoms with Crippen LogP contribution in [-0.4, -0.2) is 21.0 Å². The lowest BCUT2D eigenvalue weighted by Gasteiger charge is -2.11. The lowest BCUT2D eigenvalue weighted by atomic mass is 10.2. The summed E-state index contributed by atoms with van der Waals surface area (Å²) in [5, 5.41) is 16.1. The Balaban J connectivity index is 2.00. The van der Waals surface area contributed by atoms with Crippen molar-refractivity contribution in [2.75, 3.05) is 0 Å². The zero-order valence-corrected chi connectivity index (χ0v) is 12.2. The van der Waals surface area contributed by atoms with Gasteiger partial charge >= 0.3 is 0 Å². The topological polar surface area (TPSA) is 96.4 Å². The molecule has 20 heavy (non-hydrogen) atoms. The Morgan fingerprint density at radius 2 is 2.35 bits per heavy atom. The maximum absolute atomic E-state index is 8.65. The monoisotopic (exact) mass is 291 g/mol. The first-order valence-electron chi connectivity index (χ1n) is 6.18. The van der Waals surface area contributed by atoms with Crippen LogP contribution in [0.5, 0.6) is 0 Å². The molecule has 0 radical (unpaired) electrons. The minimum Gasteiger partial charge on any atom is -0.409 e. The molecule has 0 fully saturated rings. The summed E-state index contributed by atoms with van der Waals surface area (Å²) in [7, 11) is 0. The van der Waals surface area contributed by atoms with Gasteiger partial charge in [-0.2, -0.15) is 0 Å². The Morgan fingerprint density at radius 1 is 1.55 bits per heavy atom. The second kappa shape index (κ2) is 6.44. The van der Waals surface area contributed by atoms with Gasteiger partial charge in [-0.05, 0) is 31.5 Å². The van der Waals surface area contributed by atoms with Gasteiger partial charge in [0.25, 0.3) is 0 Å². The number of thiazole rings is 1. The van der Waals surface area contributed by atoms with Gasteiger partial charge in [0.2, 0.25) is 0 Å². The number of pyridine rings is 1. The van der Waals surface area contributed by atoms with Crippen molar-refractivity contribution in [3.05, 3.63) is 45.7 Å². The molecule has 2 aromatic rings. The van der Waals surface area contributed by atoms with Gasteiger partial charge < -0.3 is 16.3 Å². The number of oxime groups is 1. The Kier molecular flexibility index (Phi) is 4.65. The maximum Gasteiger partial charge on any atom is 0.188 e. The summed E-state index contributed by atoms with van der Waals surface area (Å²) in [5.74, 6) is 0.00967. The van der Waals surface area contributed by atoms with E-state index in [1.165, 1.54) is 4.88 Å². The fraction of sp³-hybridized carbons (Fsp3) is 0.308. The normalized spacial score (nSPS) is 13.4. The summed E-state index contributed by atoms with van der Waals surface area (Å²) < 4.78 is 0. The van der Waals surface area contributed by atoms with Gasteiger partial charge in [0.05, 0.1) is 6.04 Å². The van der Waals surface area contributed by atoms with E-state index in [1.807, 2.05) is 19.2 Å². The lowest BCUT2D eigenvalue weighted by molar-refractivity contribution is 0.318. The summed E-state index contributed by atoms with van der Waals surface area (Å²) >= 11 is 1.68. The molecule has 0 amide bonds. The van der Waals surface area contributed by atoms with Crippen LogP contribution < -0.4 is 11.1 Å². The second-order valence-corrected chi connectivity index (χ2v) is 5.71. The van der Waals surface area contributed by atoms with Gasteiger partial charge in [-0.3, -0.25) is 4.98 Å². The molecule has 0 aliphatic heterocycles. The first kappa shape index (κ1) is 14.4. The van der Waals surface area contributed by atoms with E-state index < -0.39 is 0 Å². The quantitative estimate of drug-likeness (QED) is 0.338. The first-order chi connectivity index (χ1) is 9.60. The molecular formula is C13H17N5OS.